The highest BCUT2D eigenvalue weighted by molar-refractivity contribution is 5.97. The van der Waals surface area contributed by atoms with Crippen molar-refractivity contribution in [2.75, 3.05) is 13.1 Å². The number of amides is 2. The zero-order chi connectivity index (χ0) is 13.3. The van der Waals surface area contributed by atoms with Gasteiger partial charge in [-0.15, -0.1) is 0 Å². The van der Waals surface area contributed by atoms with Crippen molar-refractivity contribution >= 4 is 11.8 Å². The molecule has 0 saturated carbocycles. The van der Waals surface area contributed by atoms with E-state index in [0.717, 1.165) is 38.8 Å². The lowest BCUT2D eigenvalue weighted by Gasteiger charge is -2.42. The molecule has 0 radical (unpaired) electrons. The molecule has 102 valence electrons. The molecule has 0 spiro atoms. The number of carbonyl (C=O) groups excluding carboxylic acids is 2. The van der Waals surface area contributed by atoms with Gasteiger partial charge in [0.15, 0.2) is 0 Å². The minimum absolute atomic E-state index is 0.142. The van der Waals surface area contributed by atoms with E-state index in [1.165, 1.54) is 0 Å². The summed E-state index contributed by atoms with van der Waals surface area (Å²) in [5, 5.41) is 0. The Morgan fingerprint density at radius 3 is 2.50 bits per heavy atom. The monoisotopic (exact) mass is 252 g/mol. The normalized spacial score (nSPS) is 28.2. The lowest BCUT2D eigenvalue weighted by Crippen LogP contribution is -2.62. The number of fused-ring (bicyclic) bond motifs is 1. The van der Waals surface area contributed by atoms with Crippen LogP contribution in [0.15, 0.2) is 0 Å². The number of hydrogen-bond acceptors (Lipinski definition) is 2. The molecule has 2 aliphatic heterocycles. The van der Waals surface area contributed by atoms with E-state index in [1.54, 1.807) is 4.90 Å². The highest BCUT2D eigenvalue weighted by Gasteiger charge is 2.45. The third-order valence-electron chi connectivity index (χ3n) is 4.54. The summed E-state index contributed by atoms with van der Waals surface area (Å²) in [5.41, 5.74) is 0. The molecule has 2 heterocycles. The van der Waals surface area contributed by atoms with Gasteiger partial charge in [-0.25, -0.2) is 0 Å². The minimum Gasteiger partial charge on any atom is -0.329 e. The van der Waals surface area contributed by atoms with Crippen molar-refractivity contribution in [2.24, 2.45) is 5.92 Å². The first-order valence-corrected chi connectivity index (χ1v) is 7.21. The molecule has 0 aromatic rings. The fraction of sp³-hybridized carbons (Fsp3) is 0.857. The predicted octanol–water partition coefficient (Wildman–Crippen LogP) is 1.64. The molecule has 2 amide bonds. The summed E-state index contributed by atoms with van der Waals surface area (Å²) in [6, 6.07) is -0.435. The number of piperazine rings is 1. The number of nitrogens with zero attached hydrogens (tertiary/aromatic N) is 2. The van der Waals surface area contributed by atoms with Gasteiger partial charge < -0.3 is 9.80 Å². The number of rotatable bonds is 4. The van der Waals surface area contributed by atoms with E-state index >= 15 is 0 Å². The van der Waals surface area contributed by atoms with Crippen LogP contribution >= 0.6 is 0 Å². The Balaban J connectivity index is 2.14. The van der Waals surface area contributed by atoms with Gasteiger partial charge in [0, 0.05) is 13.1 Å². The second kappa shape index (κ2) is 5.29. The van der Waals surface area contributed by atoms with Gasteiger partial charge in [-0.05, 0) is 25.7 Å². The molecule has 2 fully saturated rings. The first-order valence-electron chi connectivity index (χ1n) is 7.21. The van der Waals surface area contributed by atoms with Gasteiger partial charge in [-0.2, -0.15) is 0 Å². The first-order chi connectivity index (χ1) is 8.60. The van der Waals surface area contributed by atoms with E-state index in [9.17, 15) is 9.59 Å². The summed E-state index contributed by atoms with van der Waals surface area (Å²) < 4.78 is 0. The zero-order valence-corrected chi connectivity index (χ0v) is 11.7. The van der Waals surface area contributed by atoms with Gasteiger partial charge in [0.2, 0.25) is 11.8 Å². The molecule has 2 atom stereocenters. The Labute approximate surface area is 109 Å². The molecular weight excluding hydrogens is 228 g/mol. The third-order valence-corrected chi connectivity index (χ3v) is 4.54. The van der Waals surface area contributed by atoms with Gasteiger partial charge >= 0.3 is 0 Å². The predicted molar refractivity (Wildman–Crippen MR) is 70.0 cm³/mol. The molecule has 0 bridgehead atoms. The van der Waals surface area contributed by atoms with E-state index in [-0.39, 0.29) is 23.9 Å². The summed E-state index contributed by atoms with van der Waals surface area (Å²) in [5.74, 6) is 0.826. The van der Waals surface area contributed by atoms with Crippen molar-refractivity contribution in [3.05, 3.63) is 0 Å². The largest absolute Gasteiger partial charge is 0.329 e. The average Bonchev–Trinajstić information content (AvgIpc) is 2.86. The summed E-state index contributed by atoms with van der Waals surface area (Å²) >= 11 is 0. The maximum Gasteiger partial charge on any atom is 0.246 e. The highest BCUT2D eigenvalue weighted by atomic mass is 16.2. The van der Waals surface area contributed by atoms with Crippen LogP contribution in [0, 0.1) is 5.92 Å². The van der Waals surface area contributed by atoms with E-state index in [4.69, 9.17) is 0 Å². The minimum atomic E-state index is -0.271. The molecular formula is C14H24N2O2. The Bertz CT molecular complexity index is 339. The molecule has 2 rings (SSSR count). The van der Waals surface area contributed by atoms with E-state index in [2.05, 4.69) is 13.8 Å². The van der Waals surface area contributed by atoms with Crippen LogP contribution in [0.5, 0.6) is 0 Å². The summed E-state index contributed by atoms with van der Waals surface area (Å²) in [7, 11) is 0. The van der Waals surface area contributed by atoms with Crippen molar-refractivity contribution in [3.8, 4) is 0 Å². The van der Waals surface area contributed by atoms with Gasteiger partial charge in [0.05, 0.1) is 0 Å². The van der Waals surface area contributed by atoms with Crippen LogP contribution in [-0.2, 0) is 9.59 Å². The maximum atomic E-state index is 12.5. The highest BCUT2D eigenvalue weighted by Crippen LogP contribution is 2.28. The lowest BCUT2D eigenvalue weighted by atomic mass is 9.99. The quantitative estimate of drug-likeness (QED) is 0.763. The average molecular weight is 252 g/mol. The topological polar surface area (TPSA) is 40.6 Å². The fourth-order valence-electron chi connectivity index (χ4n) is 3.12. The van der Waals surface area contributed by atoms with Crippen LogP contribution < -0.4 is 0 Å². The molecule has 4 nitrogen and oxygen atoms in total. The smallest absolute Gasteiger partial charge is 0.246 e. The van der Waals surface area contributed by atoms with E-state index in [0.29, 0.717) is 5.92 Å². The van der Waals surface area contributed by atoms with Crippen LogP contribution in [0.25, 0.3) is 0 Å². The maximum absolute atomic E-state index is 12.5. The molecule has 2 unspecified atom stereocenters. The Morgan fingerprint density at radius 2 is 1.89 bits per heavy atom. The molecule has 0 aromatic heterocycles. The van der Waals surface area contributed by atoms with Crippen LogP contribution in [0.1, 0.15) is 46.5 Å². The molecule has 0 N–H and O–H groups in total. The number of hydrogen-bond donors (Lipinski definition) is 0. The SMILES string of the molecule is CCC(CC)CN1C(=O)C2CCCN2C(=O)C1C. The van der Waals surface area contributed by atoms with Crippen LogP contribution in [0.3, 0.4) is 0 Å². The summed E-state index contributed by atoms with van der Waals surface area (Å²) in [6.45, 7) is 7.67. The molecule has 2 saturated heterocycles. The molecule has 0 aliphatic carbocycles. The second-order valence-corrected chi connectivity index (χ2v) is 5.54. The Hall–Kier alpha value is -1.06. The third kappa shape index (κ3) is 2.13. The van der Waals surface area contributed by atoms with Crippen molar-refractivity contribution in [1.29, 1.82) is 0 Å². The second-order valence-electron chi connectivity index (χ2n) is 5.54. The Morgan fingerprint density at radius 1 is 1.22 bits per heavy atom. The van der Waals surface area contributed by atoms with Crippen molar-refractivity contribution < 1.29 is 9.59 Å². The molecule has 0 aromatic carbocycles. The molecule has 4 heteroatoms. The Kier molecular flexibility index (Phi) is 3.93. The van der Waals surface area contributed by atoms with E-state index in [1.807, 2.05) is 11.8 Å². The van der Waals surface area contributed by atoms with Crippen LogP contribution in [0.4, 0.5) is 0 Å². The molecule has 18 heavy (non-hydrogen) atoms. The summed E-state index contributed by atoms with van der Waals surface area (Å²) in [6.07, 6.45) is 3.94. The van der Waals surface area contributed by atoms with Crippen LogP contribution in [-0.4, -0.2) is 46.8 Å². The van der Waals surface area contributed by atoms with Crippen molar-refractivity contribution in [1.82, 2.24) is 9.80 Å². The van der Waals surface area contributed by atoms with Crippen LogP contribution in [0.2, 0.25) is 0 Å². The number of carbonyl (C=O) groups is 2. The van der Waals surface area contributed by atoms with Crippen molar-refractivity contribution in [2.45, 2.75) is 58.5 Å². The van der Waals surface area contributed by atoms with Gasteiger partial charge in [0.25, 0.3) is 0 Å². The van der Waals surface area contributed by atoms with Gasteiger partial charge in [-0.1, -0.05) is 26.7 Å². The summed E-state index contributed by atoms with van der Waals surface area (Å²) in [4.78, 5) is 28.3. The standard InChI is InChI=1S/C14H24N2O2/c1-4-11(5-2)9-16-10(3)13(17)15-8-6-7-12(15)14(16)18/h10-12H,4-9H2,1-3H3. The zero-order valence-electron chi connectivity index (χ0n) is 11.7. The fourth-order valence-corrected chi connectivity index (χ4v) is 3.12. The van der Waals surface area contributed by atoms with Gasteiger partial charge in [0.1, 0.15) is 12.1 Å². The first kappa shape index (κ1) is 13.4. The van der Waals surface area contributed by atoms with Crippen molar-refractivity contribution in [3.63, 3.8) is 0 Å². The molecule has 2 aliphatic rings. The van der Waals surface area contributed by atoms with Gasteiger partial charge in [-0.3, -0.25) is 9.59 Å². The lowest BCUT2D eigenvalue weighted by molar-refractivity contribution is -0.159. The van der Waals surface area contributed by atoms with E-state index < -0.39 is 0 Å².